The fraction of sp³-hybridized carbons (Fsp3) is 0.444. The number of nitrogens with one attached hydrogen (secondary N) is 3. The van der Waals surface area contributed by atoms with Gasteiger partial charge in [0.25, 0.3) is 0 Å². The number of nitrogens with zero attached hydrogens (tertiary/aromatic N) is 3. The van der Waals surface area contributed by atoms with E-state index in [2.05, 4.69) is 30.7 Å². The first-order valence-corrected chi connectivity index (χ1v) is 8.76. The molecule has 3 N–H and O–H groups in total. The number of guanidine groups is 1. The molecule has 1 aliphatic rings. The Hall–Kier alpha value is -1.72. The van der Waals surface area contributed by atoms with Gasteiger partial charge in [0.15, 0.2) is 5.96 Å². The van der Waals surface area contributed by atoms with E-state index in [9.17, 15) is 4.39 Å². The molecule has 9 heteroatoms. The Kier molecular flexibility index (Phi) is 8.95. The number of morpholine rings is 1. The number of rotatable bonds is 6. The van der Waals surface area contributed by atoms with Gasteiger partial charge in [0, 0.05) is 32.9 Å². The van der Waals surface area contributed by atoms with E-state index < -0.39 is 0 Å². The van der Waals surface area contributed by atoms with Gasteiger partial charge < -0.3 is 15.4 Å². The van der Waals surface area contributed by atoms with E-state index in [4.69, 9.17) is 4.74 Å². The molecule has 0 amide bonds. The van der Waals surface area contributed by atoms with Crippen LogP contribution in [0.15, 0.2) is 41.5 Å². The molecule has 2 aromatic rings. The van der Waals surface area contributed by atoms with Gasteiger partial charge in [-0.1, -0.05) is 12.1 Å². The Morgan fingerprint density at radius 1 is 1.26 bits per heavy atom. The second-order valence-corrected chi connectivity index (χ2v) is 6.10. The highest BCUT2D eigenvalue weighted by Gasteiger charge is 2.23. The Labute approximate surface area is 175 Å². The average Bonchev–Trinajstić information content (AvgIpc) is 3.20. The maximum Gasteiger partial charge on any atom is 0.191 e. The van der Waals surface area contributed by atoms with Crippen LogP contribution in [0.5, 0.6) is 0 Å². The van der Waals surface area contributed by atoms with Crippen LogP contribution >= 0.6 is 24.0 Å². The Balaban J connectivity index is 0.00000261. The molecule has 7 nitrogen and oxygen atoms in total. The van der Waals surface area contributed by atoms with Crippen LogP contribution in [-0.4, -0.2) is 61.0 Å². The maximum atomic E-state index is 13.3. The standard InChI is InChI=1S/C18H25FN6O.HI/c1-20-18(21-12-16-6-7-23-24-16)22-13-17(25-8-10-26-11-9-25)14-2-4-15(19)5-3-14;/h2-7,17H,8-13H2,1H3,(H,23,24)(H2,20,21,22);1H. The minimum Gasteiger partial charge on any atom is -0.379 e. The average molecular weight is 488 g/mol. The van der Waals surface area contributed by atoms with Gasteiger partial charge in [0.1, 0.15) is 5.82 Å². The van der Waals surface area contributed by atoms with Crippen molar-refractivity contribution in [1.29, 1.82) is 0 Å². The summed E-state index contributed by atoms with van der Waals surface area (Å²) in [7, 11) is 1.74. The minimum absolute atomic E-state index is 0. The molecule has 1 aromatic carbocycles. The van der Waals surface area contributed by atoms with Crippen molar-refractivity contribution in [3.63, 3.8) is 0 Å². The molecule has 27 heavy (non-hydrogen) atoms. The molecule has 0 radical (unpaired) electrons. The lowest BCUT2D eigenvalue weighted by molar-refractivity contribution is 0.0170. The fourth-order valence-electron chi connectivity index (χ4n) is 3.01. The number of aromatic amines is 1. The zero-order chi connectivity index (χ0) is 18.2. The van der Waals surface area contributed by atoms with Crippen LogP contribution < -0.4 is 10.6 Å². The molecule has 1 unspecified atom stereocenters. The third-order valence-corrected chi connectivity index (χ3v) is 4.43. The smallest absolute Gasteiger partial charge is 0.191 e. The maximum absolute atomic E-state index is 13.3. The van der Waals surface area contributed by atoms with E-state index in [1.165, 1.54) is 12.1 Å². The Morgan fingerprint density at radius 2 is 2.00 bits per heavy atom. The van der Waals surface area contributed by atoms with Crippen LogP contribution in [0.1, 0.15) is 17.3 Å². The third-order valence-electron chi connectivity index (χ3n) is 4.43. The van der Waals surface area contributed by atoms with Crippen molar-refractivity contribution in [2.75, 3.05) is 39.9 Å². The second kappa shape index (κ2) is 11.2. The number of halogens is 2. The van der Waals surface area contributed by atoms with E-state index in [-0.39, 0.29) is 35.8 Å². The highest BCUT2D eigenvalue weighted by atomic mass is 127. The summed E-state index contributed by atoms with van der Waals surface area (Å²) in [6, 6.07) is 8.73. The van der Waals surface area contributed by atoms with E-state index in [0.717, 1.165) is 24.3 Å². The van der Waals surface area contributed by atoms with Crippen molar-refractivity contribution in [3.05, 3.63) is 53.6 Å². The predicted molar refractivity (Wildman–Crippen MR) is 114 cm³/mol. The molecule has 0 saturated carbocycles. The molecular formula is C18H26FIN6O. The van der Waals surface area contributed by atoms with E-state index in [1.54, 1.807) is 13.2 Å². The summed E-state index contributed by atoms with van der Waals surface area (Å²) in [5.74, 6) is 0.486. The zero-order valence-corrected chi connectivity index (χ0v) is 17.7. The van der Waals surface area contributed by atoms with Gasteiger partial charge in [0.2, 0.25) is 0 Å². The molecule has 0 bridgehead atoms. The van der Waals surface area contributed by atoms with Gasteiger partial charge in [-0.2, -0.15) is 5.10 Å². The van der Waals surface area contributed by atoms with E-state index in [1.807, 2.05) is 18.2 Å². The van der Waals surface area contributed by atoms with Crippen LogP contribution in [0.2, 0.25) is 0 Å². The Morgan fingerprint density at radius 3 is 2.63 bits per heavy atom. The van der Waals surface area contributed by atoms with Crippen molar-refractivity contribution in [1.82, 2.24) is 25.7 Å². The Bertz CT molecular complexity index is 688. The summed E-state index contributed by atoms with van der Waals surface area (Å²) in [6.07, 6.45) is 1.72. The molecule has 148 valence electrons. The SMILES string of the molecule is CN=C(NCc1ccn[nH]1)NCC(c1ccc(F)cc1)N1CCOCC1.I. The van der Waals surface area contributed by atoms with Gasteiger partial charge in [0.05, 0.1) is 31.5 Å². The van der Waals surface area contributed by atoms with Crippen molar-refractivity contribution in [3.8, 4) is 0 Å². The summed E-state index contributed by atoms with van der Waals surface area (Å²) >= 11 is 0. The van der Waals surface area contributed by atoms with E-state index >= 15 is 0 Å². The number of hydrogen-bond donors (Lipinski definition) is 3. The molecule has 1 aliphatic heterocycles. The molecule has 1 saturated heterocycles. The molecule has 1 aromatic heterocycles. The first-order chi connectivity index (χ1) is 12.8. The molecule has 3 rings (SSSR count). The molecular weight excluding hydrogens is 462 g/mol. The van der Waals surface area contributed by atoms with Crippen LogP contribution in [0.4, 0.5) is 4.39 Å². The minimum atomic E-state index is -0.223. The molecule has 2 heterocycles. The molecule has 0 aliphatic carbocycles. The lowest BCUT2D eigenvalue weighted by Crippen LogP contribution is -2.46. The van der Waals surface area contributed by atoms with Crippen molar-refractivity contribution < 1.29 is 9.13 Å². The van der Waals surface area contributed by atoms with Gasteiger partial charge in [-0.05, 0) is 23.8 Å². The quantitative estimate of drug-likeness (QED) is 0.329. The van der Waals surface area contributed by atoms with Crippen LogP contribution in [0.25, 0.3) is 0 Å². The lowest BCUT2D eigenvalue weighted by atomic mass is 10.0. The third kappa shape index (κ3) is 6.43. The number of benzene rings is 1. The molecule has 1 fully saturated rings. The monoisotopic (exact) mass is 488 g/mol. The first kappa shape index (κ1) is 21.6. The zero-order valence-electron chi connectivity index (χ0n) is 15.3. The highest BCUT2D eigenvalue weighted by molar-refractivity contribution is 14.0. The van der Waals surface area contributed by atoms with E-state index in [0.29, 0.717) is 32.3 Å². The normalized spacial score (nSPS) is 16.4. The largest absolute Gasteiger partial charge is 0.379 e. The second-order valence-electron chi connectivity index (χ2n) is 6.10. The first-order valence-electron chi connectivity index (χ1n) is 8.76. The van der Waals surface area contributed by atoms with Crippen molar-refractivity contribution in [2.24, 2.45) is 4.99 Å². The number of aromatic nitrogens is 2. The van der Waals surface area contributed by atoms with Gasteiger partial charge in [-0.25, -0.2) is 4.39 Å². The summed E-state index contributed by atoms with van der Waals surface area (Å²) < 4.78 is 18.8. The van der Waals surface area contributed by atoms with Crippen LogP contribution in [-0.2, 0) is 11.3 Å². The van der Waals surface area contributed by atoms with Crippen LogP contribution in [0.3, 0.4) is 0 Å². The lowest BCUT2D eigenvalue weighted by Gasteiger charge is -2.35. The summed E-state index contributed by atoms with van der Waals surface area (Å²) in [6.45, 7) is 4.40. The van der Waals surface area contributed by atoms with Gasteiger partial charge in [-0.15, -0.1) is 24.0 Å². The van der Waals surface area contributed by atoms with Crippen molar-refractivity contribution >= 4 is 29.9 Å². The van der Waals surface area contributed by atoms with Crippen molar-refractivity contribution in [2.45, 2.75) is 12.6 Å². The fourth-order valence-corrected chi connectivity index (χ4v) is 3.01. The number of hydrogen-bond acceptors (Lipinski definition) is 4. The predicted octanol–water partition coefficient (Wildman–Crippen LogP) is 1.91. The number of aliphatic imine (C=N–C) groups is 1. The summed E-state index contributed by atoms with van der Waals surface area (Å²) in [4.78, 5) is 6.62. The molecule has 1 atom stereocenters. The topological polar surface area (TPSA) is 77.6 Å². The molecule has 0 spiro atoms. The summed E-state index contributed by atoms with van der Waals surface area (Å²) in [5, 5.41) is 13.5. The summed E-state index contributed by atoms with van der Waals surface area (Å²) in [5.41, 5.74) is 2.06. The highest BCUT2D eigenvalue weighted by Crippen LogP contribution is 2.21. The van der Waals surface area contributed by atoms with Gasteiger partial charge in [-0.3, -0.25) is 15.0 Å². The van der Waals surface area contributed by atoms with Crippen LogP contribution in [0, 0.1) is 5.82 Å². The number of ether oxygens (including phenoxy) is 1. The van der Waals surface area contributed by atoms with Gasteiger partial charge >= 0.3 is 0 Å². The number of H-pyrrole nitrogens is 1.